The van der Waals surface area contributed by atoms with Crippen LogP contribution in [0, 0.1) is 5.92 Å². The van der Waals surface area contributed by atoms with Crippen molar-refractivity contribution in [3.8, 4) is 0 Å². The van der Waals surface area contributed by atoms with E-state index in [4.69, 9.17) is 0 Å². The Hall–Kier alpha value is -0.180. The van der Waals surface area contributed by atoms with Crippen LogP contribution >= 0.6 is 12.6 Å². The van der Waals surface area contributed by atoms with E-state index in [1.54, 1.807) is 0 Å². The highest BCUT2D eigenvalue weighted by atomic mass is 32.1. The number of carbonyl (C=O) groups excluding carboxylic acids is 1. The summed E-state index contributed by atoms with van der Waals surface area (Å²) in [6.07, 6.45) is 3.55. The molecule has 1 rings (SSSR count). The van der Waals surface area contributed by atoms with Crippen LogP contribution in [0.2, 0.25) is 0 Å². The molecule has 0 N–H and O–H groups in total. The minimum Gasteiger partial charge on any atom is -0.328 e. The second-order valence-corrected chi connectivity index (χ2v) is 4.87. The van der Waals surface area contributed by atoms with E-state index in [0.717, 1.165) is 13.0 Å². The van der Waals surface area contributed by atoms with Crippen molar-refractivity contribution in [3.63, 3.8) is 0 Å². The summed E-state index contributed by atoms with van der Waals surface area (Å²) in [5.41, 5.74) is -0.0324. The fourth-order valence-electron chi connectivity index (χ4n) is 1.97. The van der Waals surface area contributed by atoms with Crippen molar-refractivity contribution >= 4 is 17.9 Å². The number of nitrogens with zero attached hydrogens (tertiary/aromatic N) is 1. The molecule has 13 heavy (non-hydrogen) atoms. The first kappa shape index (κ1) is 10.9. The molecule has 76 valence electrons. The summed E-state index contributed by atoms with van der Waals surface area (Å²) in [4.78, 5) is 13.2. The van der Waals surface area contributed by atoms with Gasteiger partial charge in [-0.15, -0.1) is 0 Å². The van der Waals surface area contributed by atoms with Gasteiger partial charge < -0.3 is 4.90 Å². The van der Waals surface area contributed by atoms with Crippen LogP contribution in [-0.4, -0.2) is 22.2 Å². The summed E-state index contributed by atoms with van der Waals surface area (Å²) in [5, 5.41) is -0.0845. The van der Waals surface area contributed by atoms with Crippen molar-refractivity contribution < 1.29 is 4.79 Å². The maximum Gasteiger partial charge on any atom is 0.279 e. The third-order valence-corrected chi connectivity index (χ3v) is 3.64. The Balaban J connectivity index is 2.84. The largest absolute Gasteiger partial charge is 0.328 e. The van der Waals surface area contributed by atoms with Crippen molar-refractivity contribution in [1.82, 2.24) is 4.90 Å². The Morgan fingerprint density at radius 1 is 1.46 bits per heavy atom. The van der Waals surface area contributed by atoms with E-state index in [2.05, 4.69) is 33.4 Å². The number of thiol groups is 1. The third kappa shape index (κ3) is 2.19. The fraction of sp³-hybridized carbons (Fsp3) is 0.900. The van der Waals surface area contributed by atoms with Crippen LogP contribution in [0.1, 0.15) is 40.0 Å². The highest BCUT2D eigenvalue weighted by Gasteiger charge is 2.35. The predicted molar refractivity (Wildman–Crippen MR) is 58.2 cm³/mol. The summed E-state index contributed by atoms with van der Waals surface area (Å²) < 4.78 is 0. The number of rotatable bonds is 0. The second kappa shape index (κ2) is 3.91. The first-order valence-corrected chi connectivity index (χ1v) is 5.41. The first-order valence-electron chi connectivity index (χ1n) is 4.97. The molecule has 0 saturated carbocycles. The highest BCUT2D eigenvalue weighted by Crippen LogP contribution is 2.32. The van der Waals surface area contributed by atoms with Gasteiger partial charge in [-0.25, -0.2) is 0 Å². The molecule has 0 aromatic heterocycles. The Kier molecular flexibility index (Phi) is 3.28. The van der Waals surface area contributed by atoms with E-state index in [-0.39, 0.29) is 10.8 Å². The Morgan fingerprint density at radius 2 is 2.08 bits per heavy atom. The van der Waals surface area contributed by atoms with Gasteiger partial charge in [0.05, 0.1) is 0 Å². The second-order valence-electron chi connectivity index (χ2n) is 4.48. The smallest absolute Gasteiger partial charge is 0.279 e. The van der Waals surface area contributed by atoms with Gasteiger partial charge in [-0.05, 0) is 32.6 Å². The topological polar surface area (TPSA) is 20.3 Å². The lowest BCUT2D eigenvalue weighted by Crippen LogP contribution is -2.49. The zero-order valence-electron chi connectivity index (χ0n) is 8.71. The summed E-state index contributed by atoms with van der Waals surface area (Å²) in [7, 11) is 0. The molecule has 1 heterocycles. The molecule has 3 heteroatoms. The van der Waals surface area contributed by atoms with Crippen LogP contribution in [0.25, 0.3) is 0 Å². The van der Waals surface area contributed by atoms with E-state index in [9.17, 15) is 4.79 Å². The molecule has 0 aromatic rings. The number of carbonyl (C=O) groups is 1. The van der Waals surface area contributed by atoms with E-state index < -0.39 is 0 Å². The molecule has 1 aliphatic heterocycles. The van der Waals surface area contributed by atoms with Gasteiger partial charge in [-0.2, -0.15) is 0 Å². The molecule has 1 unspecified atom stereocenters. The molecule has 1 saturated heterocycles. The van der Waals surface area contributed by atoms with Gasteiger partial charge in [-0.1, -0.05) is 26.0 Å². The minimum absolute atomic E-state index is 0.0324. The fourth-order valence-corrected chi connectivity index (χ4v) is 2.33. The molecule has 0 spiro atoms. The van der Waals surface area contributed by atoms with E-state index >= 15 is 0 Å². The lowest BCUT2D eigenvalue weighted by molar-refractivity contribution is 0.122. The predicted octanol–water partition coefficient (Wildman–Crippen LogP) is 2.94. The Morgan fingerprint density at radius 3 is 2.62 bits per heavy atom. The van der Waals surface area contributed by atoms with Crippen LogP contribution in [0.5, 0.6) is 0 Å². The van der Waals surface area contributed by atoms with Crippen LogP contribution < -0.4 is 0 Å². The summed E-state index contributed by atoms with van der Waals surface area (Å²) in [6.45, 7) is 7.35. The van der Waals surface area contributed by atoms with E-state index in [0.29, 0.717) is 5.92 Å². The maximum atomic E-state index is 11.3. The number of amides is 1. The van der Waals surface area contributed by atoms with Gasteiger partial charge in [0, 0.05) is 12.1 Å². The van der Waals surface area contributed by atoms with Gasteiger partial charge in [-0.3, -0.25) is 4.79 Å². The molecule has 0 bridgehead atoms. The molecule has 1 fully saturated rings. The van der Waals surface area contributed by atoms with Crippen LogP contribution in [0.3, 0.4) is 0 Å². The van der Waals surface area contributed by atoms with Gasteiger partial charge in [0.15, 0.2) is 0 Å². The lowest BCUT2D eigenvalue weighted by Gasteiger charge is -2.40. The zero-order valence-corrected chi connectivity index (χ0v) is 9.60. The van der Waals surface area contributed by atoms with Crippen molar-refractivity contribution in [1.29, 1.82) is 0 Å². The monoisotopic (exact) mass is 201 g/mol. The van der Waals surface area contributed by atoms with Crippen LogP contribution in [0.15, 0.2) is 0 Å². The molecule has 1 amide bonds. The molecule has 1 atom stereocenters. The molecule has 1 aliphatic rings. The minimum atomic E-state index is -0.0845. The average Bonchev–Trinajstić information content (AvgIpc) is 2.12. The van der Waals surface area contributed by atoms with Gasteiger partial charge in [0.1, 0.15) is 0 Å². The Bertz CT molecular complexity index is 203. The normalized spacial score (nSPS) is 28.3. The molecule has 0 aromatic carbocycles. The summed E-state index contributed by atoms with van der Waals surface area (Å²) in [5.74, 6) is 0.561. The number of hydrogen-bond acceptors (Lipinski definition) is 1. The Labute approximate surface area is 86.1 Å². The quantitative estimate of drug-likeness (QED) is 0.597. The molecule has 0 aliphatic carbocycles. The van der Waals surface area contributed by atoms with Crippen molar-refractivity contribution in [2.45, 2.75) is 45.6 Å². The number of likely N-dealkylation sites (tertiary alicyclic amines) is 1. The van der Waals surface area contributed by atoms with Gasteiger partial charge >= 0.3 is 0 Å². The van der Waals surface area contributed by atoms with E-state index in [1.165, 1.54) is 12.8 Å². The summed E-state index contributed by atoms with van der Waals surface area (Å²) in [6, 6.07) is 0. The van der Waals surface area contributed by atoms with Crippen LogP contribution in [0.4, 0.5) is 4.79 Å². The molecular weight excluding hydrogens is 182 g/mol. The SMILES string of the molecule is CC1CCCCN(C(=O)S)C1(C)C. The molecule has 2 nitrogen and oxygen atoms in total. The highest BCUT2D eigenvalue weighted by molar-refractivity contribution is 7.96. The van der Waals surface area contributed by atoms with Crippen molar-refractivity contribution in [2.24, 2.45) is 5.92 Å². The van der Waals surface area contributed by atoms with Gasteiger partial charge in [0.2, 0.25) is 0 Å². The van der Waals surface area contributed by atoms with Crippen molar-refractivity contribution in [3.05, 3.63) is 0 Å². The third-order valence-electron chi connectivity index (χ3n) is 3.40. The van der Waals surface area contributed by atoms with Crippen molar-refractivity contribution in [2.75, 3.05) is 6.54 Å². The van der Waals surface area contributed by atoms with E-state index in [1.807, 2.05) is 4.90 Å². The maximum absolute atomic E-state index is 11.3. The first-order chi connectivity index (χ1) is 5.96. The molecule has 0 radical (unpaired) electrons. The van der Waals surface area contributed by atoms with Crippen LogP contribution in [-0.2, 0) is 0 Å². The van der Waals surface area contributed by atoms with Gasteiger partial charge in [0.25, 0.3) is 5.24 Å². The molecular formula is C10H19NOS. The average molecular weight is 201 g/mol. The summed E-state index contributed by atoms with van der Waals surface area (Å²) >= 11 is 3.93. The standard InChI is InChI=1S/C10H19NOS/c1-8-6-4-5-7-11(9(12)13)10(8,2)3/h8H,4-7H2,1-3H3,(H,12,13). The number of hydrogen-bond donors (Lipinski definition) is 1. The zero-order chi connectivity index (χ0) is 10.1. The lowest BCUT2D eigenvalue weighted by atomic mass is 9.85.